The van der Waals surface area contributed by atoms with E-state index in [1.54, 1.807) is 0 Å². The van der Waals surface area contributed by atoms with Crippen LogP contribution in [0.5, 0.6) is 0 Å². The van der Waals surface area contributed by atoms with Gasteiger partial charge < -0.3 is 4.57 Å². The van der Waals surface area contributed by atoms with Crippen LogP contribution in [0.3, 0.4) is 0 Å². The van der Waals surface area contributed by atoms with Crippen molar-refractivity contribution < 1.29 is 20.1 Å². The monoisotopic (exact) mass is 450 g/mol. The first-order valence-corrected chi connectivity index (χ1v) is 6.40. The molecular formula is C18H13IrN2-. The molecule has 2 aromatic carbocycles. The smallest absolute Gasteiger partial charge is 0.0606 e. The molecule has 1 heterocycles. The minimum Gasteiger partial charge on any atom is -0.340 e. The summed E-state index contributed by atoms with van der Waals surface area (Å²) in [7, 11) is 0. The summed E-state index contributed by atoms with van der Waals surface area (Å²) >= 11 is 0. The van der Waals surface area contributed by atoms with Crippen LogP contribution in [0, 0.1) is 19.9 Å². The summed E-state index contributed by atoms with van der Waals surface area (Å²) in [6, 6.07) is 19.1. The van der Waals surface area contributed by atoms with Crippen molar-refractivity contribution in [1.29, 1.82) is 0 Å². The fraction of sp³-hybridized carbons (Fsp3) is 0.0556. The predicted octanol–water partition coefficient (Wildman–Crippen LogP) is 3.65. The standard InChI is InChI=1S/C18H13N2.Ir/c1-3-15-8-7-9-16(12-15)18-19-14(2)13-20(18)17-10-5-4-6-11-17;/h1-2,4-11,13H,3H2;/q-1;. The Hall–Kier alpha value is -1.70. The molecule has 0 atom stereocenters. The first kappa shape index (κ1) is 15.7. The van der Waals surface area contributed by atoms with E-state index >= 15 is 0 Å². The normalized spacial score (nSPS) is 10.2. The zero-order valence-electron chi connectivity index (χ0n) is 11.3. The van der Waals surface area contributed by atoms with E-state index in [0.717, 1.165) is 22.6 Å². The van der Waals surface area contributed by atoms with Crippen molar-refractivity contribution in [2.45, 2.75) is 6.42 Å². The molecule has 0 fully saturated rings. The maximum absolute atomic E-state index is 5.85. The molecule has 0 unspecified atom stereocenters. The van der Waals surface area contributed by atoms with E-state index in [1.807, 2.05) is 59.3 Å². The van der Waals surface area contributed by atoms with Gasteiger partial charge >= 0.3 is 0 Å². The number of hydrogen-bond acceptors (Lipinski definition) is 1. The van der Waals surface area contributed by atoms with Crippen molar-refractivity contribution >= 4 is 0 Å². The van der Waals surface area contributed by atoms with Crippen LogP contribution in [0.1, 0.15) is 11.3 Å². The van der Waals surface area contributed by atoms with E-state index in [1.165, 1.54) is 0 Å². The van der Waals surface area contributed by atoms with Crippen molar-refractivity contribution in [3.63, 3.8) is 0 Å². The van der Waals surface area contributed by atoms with E-state index in [4.69, 9.17) is 13.8 Å². The molecule has 0 N–H and O–H groups in total. The van der Waals surface area contributed by atoms with Gasteiger partial charge in [-0.3, -0.25) is 4.98 Å². The first-order valence-electron chi connectivity index (χ1n) is 6.40. The quantitative estimate of drug-likeness (QED) is 0.559. The van der Waals surface area contributed by atoms with Gasteiger partial charge in [0.2, 0.25) is 0 Å². The Morgan fingerprint density at radius 2 is 1.81 bits per heavy atom. The average molecular weight is 450 g/mol. The summed E-state index contributed by atoms with van der Waals surface area (Å²) in [5.41, 5.74) is 3.32. The second-order valence-corrected chi connectivity index (χ2v) is 4.49. The number of benzene rings is 2. The molecule has 3 rings (SSSR count). The summed E-state index contributed by atoms with van der Waals surface area (Å²) in [5, 5.41) is 0. The van der Waals surface area contributed by atoms with Crippen molar-refractivity contribution in [1.82, 2.24) is 9.55 Å². The van der Waals surface area contributed by atoms with Crippen LogP contribution >= 0.6 is 0 Å². The molecule has 0 spiro atoms. The predicted molar refractivity (Wildman–Crippen MR) is 79.2 cm³/mol. The molecule has 5 radical (unpaired) electrons. The molecule has 0 saturated carbocycles. The van der Waals surface area contributed by atoms with E-state index in [9.17, 15) is 0 Å². The van der Waals surface area contributed by atoms with Gasteiger partial charge in [0.1, 0.15) is 0 Å². The Morgan fingerprint density at radius 3 is 2.52 bits per heavy atom. The number of hydrogen-bond donors (Lipinski definition) is 0. The van der Waals surface area contributed by atoms with Crippen LogP contribution < -0.4 is 0 Å². The van der Waals surface area contributed by atoms with Crippen LogP contribution in [-0.4, -0.2) is 9.55 Å². The molecule has 0 amide bonds. The van der Waals surface area contributed by atoms with E-state index in [0.29, 0.717) is 12.1 Å². The van der Waals surface area contributed by atoms with Gasteiger partial charge in [-0.2, -0.15) is 0 Å². The zero-order valence-corrected chi connectivity index (χ0v) is 13.7. The van der Waals surface area contributed by atoms with E-state index in [2.05, 4.69) is 11.1 Å². The number of imidazole rings is 1. The maximum Gasteiger partial charge on any atom is 0.0606 e. The first-order chi connectivity index (χ1) is 9.78. The maximum atomic E-state index is 5.85. The molecule has 0 saturated heterocycles. The average Bonchev–Trinajstić information content (AvgIpc) is 2.90. The van der Waals surface area contributed by atoms with Crippen LogP contribution in [0.15, 0.2) is 54.7 Å². The summed E-state index contributed by atoms with van der Waals surface area (Å²) in [6.45, 7) is 11.5. The molecule has 105 valence electrons. The number of para-hydroxylation sites is 1. The molecule has 3 heteroatoms. The third-order valence-electron chi connectivity index (χ3n) is 3.08. The van der Waals surface area contributed by atoms with Gasteiger partial charge in [-0.1, -0.05) is 18.2 Å². The Kier molecular flexibility index (Phi) is 5.11. The topological polar surface area (TPSA) is 17.8 Å². The number of nitrogens with zero attached hydrogens (tertiary/aromatic N) is 2. The van der Waals surface area contributed by atoms with Crippen molar-refractivity contribution in [3.05, 3.63) is 85.9 Å². The summed E-state index contributed by atoms with van der Waals surface area (Å²) in [5.74, 6) is 0.768. The summed E-state index contributed by atoms with van der Waals surface area (Å²) in [6.07, 6.45) is 2.27. The molecule has 0 bridgehead atoms. The molecule has 21 heavy (non-hydrogen) atoms. The van der Waals surface area contributed by atoms with Gasteiger partial charge in [-0.25, -0.2) is 0 Å². The third kappa shape index (κ3) is 3.31. The Labute approximate surface area is 139 Å². The molecule has 1 aromatic heterocycles. The number of aromatic nitrogens is 2. The van der Waals surface area contributed by atoms with Gasteiger partial charge in [0, 0.05) is 38.9 Å². The minimum atomic E-state index is 0. The number of rotatable bonds is 3. The molecule has 0 aliphatic rings. The van der Waals surface area contributed by atoms with Crippen LogP contribution in [0.4, 0.5) is 0 Å². The Bertz CT molecular complexity index is 717. The Morgan fingerprint density at radius 1 is 1.05 bits per heavy atom. The molecule has 0 aliphatic heterocycles. The van der Waals surface area contributed by atoms with Gasteiger partial charge in [0.05, 0.1) is 11.5 Å². The fourth-order valence-corrected chi connectivity index (χ4v) is 2.14. The molecular weight excluding hydrogens is 436 g/mol. The summed E-state index contributed by atoms with van der Waals surface area (Å²) < 4.78 is 1.96. The molecule has 3 aromatic rings. The SMILES string of the molecule is [CH]Cc1[c-]c(-c2nc([CH])cn2-c2ccccc2)ccc1.[Ir]. The van der Waals surface area contributed by atoms with Gasteiger partial charge in [0.15, 0.2) is 0 Å². The van der Waals surface area contributed by atoms with Gasteiger partial charge in [-0.05, 0) is 25.5 Å². The third-order valence-corrected chi connectivity index (χ3v) is 3.08. The van der Waals surface area contributed by atoms with Crippen molar-refractivity contribution in [2.24, 2.45) is 0 Å². The molecule has 2 nitrogen and oxygen atoms in total. The van der Waals surface area contributed by atoms with Crippen molar-refractivity contribution in [3.8, 4) is 17.1 Å². The minimum absolute atomic E-state index is 0. The van der Waals surface area contributed by atoms with Gasteiger partial charge in [-0.15, -0.1) is 35.4 Å². The Balaban J connectivity index is 0.00000161. The van der Waals surface area contributed by atoms with Crippen LogP contribution in [0.2, 0.25) is 0 Å². The second kappa shape index (κ2) is 6.84. The van der Waals surface area contributed by atoms with E-state index in [-0.39, 0.29) is 20.1 Å². The fourth-order valence-electron chi connectivity index (χ4n) is 2.14. The van der Waals surface area contributed by atoms with Crippen molar-refractivity contribution in [2.75, 3.05) is 0 Å². The zero-order chi connectivity index (χ0) is 13.9. The van der Waals surface area contributed by atoms with Crippen LogP contribution in [0.25, 0.3) is 17.1 Å². The van der Waals surface area contributed by atoms with Crippen LogP contribution in [-0.2, 0) is 26.5 Å². The van der Waals surface area contributed by atoms with Gasteiger partial charge in [0.25, 0.3) is 0 Å². The second-order valence-electron chi connectivity index (χ2n) is 4.49. The largest absolute Gasteiger partial charge is 0.340 e. The van der Waals surface area contributed by atoms with E-state index < -0.39 is 0 Å². The summed E-state index contributed by atoms with van der Waals surface area (Å²) in [4.78, 5) is 4.40. The molecule has 0 aliphatic carbocycles.